The molecule has 0 amide bonds. The molecule has 0 spiro atoms. The number of aliphatic hydroxyl groups excluding tert-OH is 1. The Morgan fingerprint density at radius 3 is 2.66 bits per heavy atom. The highest BCUT2D eigenvalue weighted by Gasteiger charge is 2.42. The maximum atomic E-state index is 14.5. The number of aliphatic hydroxyl groups is 2. The summed E-state index contributed by atoms with van der Waals surface area (Å²) < 4.78 is 21.0. The molecule has 1 aromatic carbocycles. The summed E-state index contributed by atoms with van der Waals surface area (Å²) in [6.45, 7) is 7.38. The summed E-state index contributed by atoms with van der Waals surface area (Å²) in [5.74, 6) is -1.20. The van der Waals surface area contributed by atoms with Gasteiger partial charge in [-0.2, -0.15) is 0 Å². The van der Waals surface area contributed by atoms with Crippen molar-refractivity contribution in [2.24, 2.45) is 0 Å². The van der Waals surface area contributed by atoms with Crippen LogP contribution in [0.5, 0.6) is 0 Å². The van der Waals surface area contributed by atoms with Crippen LogP contribution in [-0.2, 0) is 34.7 Å². The first-order valence-corrected chi connectivity index (χ1v) is 10.7. The summed E-state index contributed by atoms with van der Waals surface area (Å²) in [5.41, 5.74) is 2.74. The zero-order chi connectivity index (χ0) is 23.1. The number of rotatable bonds is 0. The molecule has 3 aromatic rings. The lowest BCUT2D eigenvalue weighted by atomic mass is 9.92. The molecule has 2 aliphatic heterocycles. The van der Waals surface area contributed by atoms with Crippen LogP contribution in [0.25, 0.3) is 22.3 Å². The van der Waals surface area contributed by atoms with Gasteiger partial charge in [-0.25, -0.2) is 14.2 Å². The van der Waals surface area contributed by atoms with Crippen molar-refractivity contribution in [3.8, 4) is 11.4 Å². The number of aromatic nitrogens is 2. The van der Waals surface area contributed by atoms with Crippen LogP contribution in [-0.4, -0.2) is 25.7 Å². The topological polar surface area (TPSA) is 102 Å². The minimum atomic E-state index is -1.54. The van der Waals surface area contributed by atoms with E-state index in [9.17, 15) is 24.2 Å². The lowest BCUT2D eigenvalue weighted by Crippen LogP contribution is -2.32. The van der Waals surface area contributed by atoms with Crippen LogP contribution in [0.3, 0.4) is 0 Å². The highest BCUT2D eigenvalue weighted by molar-refractivity contribution is 5.94. The van der Waals surface area contributed by atoms with Crippen molar-refractivity contribution in [1.29, 1.82) is 0 Å². The molecule has 2 unspecified atom stereocenters. The van der Waals surface area contributed by atoms with Gasteiger partial charge in [0.1, 0.15) is 12.4 Å². The van der Waals surface area contributed by atoms with Gasteiger partial charge in [0.05, 0.1) is 34.6 Å². The van der Waals surface area contributed by atoms with Crippen LogP contribution in [0.15, 0.2) is 16.9 Å². The zero-order valence-corrected chi connectivity index (χ0v) is 18.2. The molecule has 2 atom stereocenters. The highest BCUT2D eigenvalue weighted by atomic mass is 19.1. The number of nitrogens with zero attached hydrogens (tertiary/aromatic N) is 2. The van der Waals surface area contributed by atoms with Crippen LogP contribution in [0.2, 0.25) is 0 Å². The molecule has 7 nitrogen and oxygen atoms in total. The third kappa shape index (κ3) is 2.50. The van der Waals surface area contributed by atoms with Crippen LogP contribution >= 0.6 is 0 Å². The van der Waals surface area contributed by atoms with Crippen molar-refractivity contribution < 1.29 is 24.1 Å². The van der Waals surface area contributed by atoms with E-state index >= 15 is 0 Å². The average Bonchev–Trinajstić information content (AvgIpc) is 3.26. The Bertz CT molecular complexity index is 1410. The monoisotopic (exact) mass is 438 g/mol. The average molecular weight is 438 g/mol. The molecular weight excluding hydrogens is 415 g/mol. The van der Waals surface area contributed by atoms with Gasteiger partial charge in [-0.15, -0.1) is 0 Å². The second kappa shape index (κ2) is 6.70. The van der Waals surface area contributed by atoms with Crippen molar-refractivity contribution in [3.05, 3.63) is 61.7 Å². The van der Waals surface area contributed by atoms with Gasteiger partial charge in [0.2, 0.25) is 0 Å². The third-order valence-electron chi connectivity index (χ3n) is 6.63. The first kappa shape index (κ1) is 20.8. The molecule has 3 aliphatic rings. The van der Waals surface area contributed by atoms with E-state index in [-0.39, 0.29) is 36.3 Å². The number of carbonyl (C=O) groups excluding carboxylic acids is 1. The summed E-state index contributed by atoms with van der Waals surface area (Å²) in [7, 11) is 0. The molecule has 0 radical (unpaired) electrons. The Balaban J connectivity index is 0.00000105. The van der Waals surface area contributed by atoms with Gasteiger partial charge in [0.25, 0.3) is 5.56 Å². The Kier molecular flexibility index (Phi) is 4.35. The molecule has 1 aliphatic carbocycles. The zero-order valence-electron chi connectivity index (χ0n) is 18.2. The van der Waals surface area contributed by atoms with Crippen molar-refractivity contribution >= 4 is 16.9 Å². The first-order chi connectivity index (χ1) is 15.2. The smallest absolute Gasteiger partial charge is 0.340 e. The number of cyclic esters (lactones) is 1. The Morgan fingerprint density at radius 2 is 1.94 bits per heavy atom. The van der Waals surface area contributed by atoms with Gasteiger partial charge in [-0.3, -0.25) is 4.79 Å². The minimum absolute atomic E-state index is 0.199. The predicted octanol–water partition coefficient (Wildman–Crippen LogP) is 2.75. The number of halogens is 1. The predicted molar refractivity (Wildman–Crippen MR) is 115 cm³/mol. The van der Waals surface area contributed by atoms with E-state index in [1.54, 1.807) is 19.9 Å². The third-order valence-corrected chi connectivity index (χ3v) is 6.63. The van der Waals surface area contributed by atoms with Crippen LogP contribution in [0.4, 0.5) is 4.39 Å². The molecule has 32 heavy (non-hydrogen) atoms. The number of pyridine rings is 2. The Morgan fingerprint density at radius 1 is 1.22 bits per heavy atom. The molecule has 4 heterocycles. The summed E-state index contributed by atoms with van der Waals surface area (Å²) in [6.07, 6.45) is -1.27. The highest BCUT2D eigenvalue weighted by Crippen LogP contribution is 2.48. The molecule has 166 valence electrons. The molecule has 0 saturated heterocycles. The van der Waals surface area contributed by atoms with Crippen molar-refractivity contribution in [2.45, 2.75) is 59.0 Å². The van der Waals surface area contributed by atoms with Gasteiger partial charge in [-0.05, 0) is 31.0 Å². The van der Waals surface area contributed by atoms with Gasteiger partial charge >= 0.3 is 5.97 Å². The number of hydrogen-bond acceptors (Lipinski definition) is 6. The standard InChI is InChI=1S/C22H17FN2O5.C2H6/c1-8-10-5-22(2,29)17-11-6-25-15(18(11)24-14(16(10)17)4-13(8)23)3-9-12(20(25)27)7-30-21(28)19(9)26;1-2/h3-4,19,26,29H,5-7H2,1-2H3;1-2H3. The first-order valence-electron chi connectivity index (χ1n) is 10.7. The Labute approximate surface area is 183 Å². The molecule has 0 bridgehead atoms. The second-order valence-corrected chi connectivity index (χ2v) is 8.49. The Hall–Kier alpha value is -3.10. The molecule has 2 aromatic heterocycles. The van der Waals surface area contributed by atoms with Gasteiger partial charge in [0.15, 0.2) is 6.10 Å². The van der Waals surface area contributed by atoms with E-state index in [4.69, 9.17) is 4.74 Å². The molecule has 0 saturated carbocycles. The van der Waals surface area contributed by atoms with Crippen molar-refractivity contribution in [1.82, 2.24) is 9.55 Å². The summed E-state index contributed by atoms with van der Waals surface area (Å²) in [5, 5.41) is 22.2. The van der Waals surface area contributed by atoms with E-state index in [0.29, 0.717) is 33.6 Å². The fourth-order valence-corrected chi connectivity index (χ4v) is 5.18. The number of benzene rings is 1. The molecule has 0 fully saturated rings. The van der Waals surface area contributed by atoms with Crippen LogP contribution in [0, 0.1) is 12.7 Å². The van der Waals surface area contributed by atoms with E-state index < -0.39 is 23.5 Å². The SMILES string of the molecule is CC.Cc1c(F)cc2nc3c(c4c2c1CC4(C)O)Cn1c-3cc2c(c1=O)COC(=O)C2O. The molecular formula is C24H23FN2O5. The van der Waals surface area contributed by atoms with Gasteiger partial charge in [-0.1, -0.05) is 13.8 Å². The van der Waals surface area contributed by atoms with E-state index in [0.717, 1.165) is 10.9 Å². The van der Waals surface area contributed by atoms with Crippen molar-refractivity contribution in [2.75, 3.05) is 0 Å². The van der Waals surface area contributed by atoms with Crippen LogP contribution < -0.4 is 5.56 Å². The lowest BCUT2D eigenvalue weighted by Gasteiger charge is -2.21. The number of fused-ring (bicyclic) bond motifs is 5. The molecule has 2 N–H and O–H groups in total. The quantitative estimate of drug-likeness (QED) is 0.410. The summed E-state index contributed by atoms with van der Waals surface area (Å²) >= 11 is 0. The van der Waals surface area contributed by atoms with E-state index in [1.165, 1.54) is 10.6 Å². The number of hydrogen-bond donors (Lipinski definition) is 2. The fourth-order valence-electron chi connectivity index (χ4n) is 5.18. The number of ether oxygens (including phenoxy) is 1. The van der Waals surface area contributed by atoms with E-state index in [2.05, 4.69) is 4.98 Å². The minimum Gasteiger partial charge on any atom is -0.458 e. The van der Waals surface area contributed by atoms with Crippen LogP contribution in [0.1, 0.15) is 60.3 Å². The maximum Gasteiger partial charge on any atom is 0.340 e. The second-order valence-electron chi connectivity index (χ2n) is 8.49. The largest absolute Gasteiger partial charge is 0.458 e. The summed E-state index contributed by atoms with van der Waals surface area (Å²) in [4.78, 5) is 29.5. The lowest BCUT2D eigenvalue weighted by molar-refractivity contribution is -0.157. The maximum absolute atomic E-state index is 14.5. The van der Waals surface area contributed by atoms with Gasteiger partial charge in [0, 0.05) is 34.6 Å². The molecule has 6 rings (SSSR count). The normalized spacial score (nSPS) is 22.1. The van der Waals surface area contributed by atoms with Crippen molar-refractivity contribution in [3.63, 3.8) is 0 Å². The van der Waals surface area contributed by atoms with Gasteiger partial charge < -0.3 is 19.5 Å². The summed E-state index contributed by atoms with van der Waals surface area (Å²) in [6, 6.07) is 2.93. The number of carbonyl (C=O) groups is 1. The van der Waals surface area contributed by atoms with E-state index in [1.807, 2.05) is 13.8 Å². The molecule has 8 heteroatoms. The number of esters is 1. The fraction of sp³-hybridized carbons (Fsp3) is 0.375.